The molecule has 30 heavy (non-hydrogen) atoms. The standard InChI is InChI=1S/C22H26FN3O3S/c1-2-29-19-7-9-20(10-8-19)30-16-22(28)26-13-11-25(12-14-26)15-21(27)24-18-5-3-17(23)4-6-18/h3-10H,2,11-16H2,1H3,(H,24,27). The van der Waals surface area contributed by atoms with Gasteiger partial charge < -0.3 is 15.0 Å². The van der Waals surface area contributed by atoms with Crippen LogP contribution in [-0.4, -0.2) is 66.7 Å². The average Bonchev–Trinajstić information content (AvgIpc) is 2.75. The molecule has 6 nitrogen and oxygen atoms in total. The van der Waals surface area contributed by atoms with Crippen LogP contribution >= 0.6 is 11.8 Å². The van der Waals surface area contributed by atoms with Crippen molar-refractivity contribution in [3.63, 3.8) is 0 Å². The van der Waals surface area contributed by atoms with Crippen molar-refractivity contribution in [1.82, 2.24) is 9.80 Å². The van der Waals surface area contributed by atoms with Crippen molar-refractivity contribution in [1.29, 1.82) is 0 Å². The summed E-state index contributed by atoms with van der Waals surface area (Å²) in [5, 5.41) is 2.76. The maximum Gasteiger partial charge on any atom is 0.238 e. The lowest BCUT2D eigenvalue weighted by atomic mass is 10.3. The smallest absolute Gasteiger partial charge is 0.238 e. The number of piperazine rings is 1. The van der Waals surface area contributed by atoms with E-state index in [1.54, 1.807) is 0 Å². The number of carbonyl (C=O) groups is 2. The van der Waals surface area contributed by atoms with E-state index in [2.05, 4.69) is 5.32 Å². The number of nitrogens with one attached hydrogen (secondary N) is 1. The van der Waals surface area contributed by atoms with Gasteiger partial charge in [0.1, 0.15) is 11.6 Å². The fraction of sp³-hybridized carbons (Fsp3) is 0.364. The molecular weight excluding hydrogens is 405 g/mol. The zero-order valence-electron chi connectivity index (χ0n) is 17.0. The lowest BCUT2D eigenvalue weighted by molar-refractivity contribution is -0.130. The Morgan fingerprint density at radius 3 is 2.33 bits per heavy atom. The number of nitrogens with zero attached hydrogens (tertiary/aromatic N) is 2. The first-order chi connectivity index (χ1) is 14.5. The van der Waals surface area contributed by atoms with Gasteiger partial charge in [0.2, 0.25) is 11.8 Å². The minimum absolute atomic E-state index is 0.101. The quantitative estimate of drug-likeness (QED) is 0.651. The van der Waals surface area contributed by atoms with Crippen LogP contribution < -0.4 is 10.1 Å². The highest BCUT2D eigenvalue weighted by atomic mass is 32.2. The summed E-state index contributed by atoms with van der Waals surface area (Å²) < 4.78 is 18.4. The van der Waals surface area contributed by atoms with Gasteiger partial charge in [-0.05, 0) is 55.5 Å². The normalized spacial score (nSPS) is 14.4. The second-order valence-electron chi connectivity index (χ2n) is 6.91. The van der Waals surface area contributed by atoms with Gasteiger partial charge in [0.05, 0.1) is 18.9 Å². The van der Waals surface area contributed by atoms with Crippen LogP contribution in [0.5, 0.6) is 5.75 Å². The summed E-state index contributed by atoms with van der Waals surface area (Å²) in [5.74, 6) is 0.831. The van der Waals surface area contributed by atoms with E-state index in [0.29, 0.717) is 44.2 Å². The molecule has 0 spiro atoms. The van der Waals surface area contributed by atoms with Gasteiger partial charge in [-0.25, -0.2) is 4.39 Å². The van der Waals surface area contributed by atoms with Gasteiger partial charge in [-0.15, -0.1) is 11.8 Å². The van der Waals surface area contributed by atoms with E-state index in [1.807, 2.05) is 41.0 Å². The molecule has 2 aromatic rings. The van der Waals surface area contributed by atoms with E-state index in [9.17, 15) is 14.0 Å². The van der Waals surface area contributed by atoms with Crippen molar-refractivity contribution < 1.29 is 18.7 Å². The molecule has 1 heterocycles. The highest BCUT2D eigenvalue weighted by molar-refractivity contribution is 8.00. The Kier molecular flexibility index (Phi) is 8.10. The van der Waals surface area contributed by atoms with Gasteiger partial charge in [-0.2, -0.15) is 0 Å². The Bertz CT molecular complexity index is 838. The molecule has 0 aliphatic carbocycles. The van der Waals surface area contributed by atoms with Crippen molar-refractivity contribution in [3.05, 3.63) is 54.3 Å². The zero-order valence-corrected chi connectivity index (χ0v) is 17.8. The van der Waals surface area contributed by atoms with Crippen LogP contribution in [0.1, 0.15) is 6.92 Å². The summed E-state index contributed by atoms with van der Waals surface area (Å²) in [5.41, 5.74) is 0.571. The highest BCUT2D eigenvalue weighted by Crippen LogP contribution is 2.22. The number of amides is 2. The Hall–Kier alpha value is -2.58. The van der Waals surface area contributed by atoms with Crippen molar-refractivity contribution in [3.8, 4) is 5.75 Å². The predicted molar refractivity (Wildman–Crippen MR) is 116 cm³/mol. The Balaban J connectivity index is 1.37. The first-order valence-electron chi connectivity index (χ1n) is 9.94. The lowest BCUT2D eigenvalue weighted by Gasteiger charge is -2.34. The molecule has 1 saturated heterocycles. The van der Waals surface area contributed by atoms with Crippen LogP contribution in [0.4, 0.5) is 10.1 Å². The van der Waals surface area contributed by atoms with Crippen molar-refractivity contribution in [2.45, 2.75) is 11.8 Å². The Morgan fingerprint density at radius 2 is 1.70 bits per heavy atom. The number of carbonyl (C=O) groups excluding carboxylic acids is 2. The second kappa shape index (κ2) is 11.0. The molecule has 2 amide bonds. The maximum absolute atomic E-state index is 12.9. The first kappa shape index (κ1) is 22.1. The molecule has 2 aromatic carbocycles. The molecule has 0 bridgehead atoms. The minimum Gasteiger partial charge on any atom is -0.494 e. The van der Waals surface area contributed by atoms with Gasteiger partial charge >= 0.3 is 0 Å². The molecule has 1 aliphatic rings. The summed E-state index contributed by atoms with van der Waals surface area (Å²) in [6, 6.07) is 13.4. The zero-order chi connectivity index (χ0) is 21.3. The molecule has 8 heteroatoms. The fourth-order valence-electron chi connectivity index (χ4n) is 3.13. The molecule has 0 unspecified atom stereocenters. The number of ether oxygens (including phenoxy) is 1. The first-order valence-corrected chi connectivity index (χ1v) is 10.9. The molecule has 1 aliphatic heterocycles. The van der Waals surface area contributed by atoms with Crippen LogP contribution in [0.25, 0.3) is 0 Å². The van der Waals surface area contributed by atoms with Crippen LogP contribution in [0, 0.1) is 5.82 Å². The number of hydrogen-bond acceptors (Lipinski definition) is 5. The number of halogens is 1. The van der Waals surface area contributed by atoms with Crippen molar-refractivity contribution >= 4 is 29.3 Å². The number of thioether (sulfide) groups is 1. The van der Waals surface area contributed by atoms with Crippen LogP contribution in [0.3, 0.4) is 0 Å². The van der Waals surface area contributed by atoms with E-state index in [1.165, 1.54) is 36.0 Å². The third kappa shape index (κ3) is 6.74. The molecule has 3 rings (SSSR count). The number of anilines is 1. The summed E-state index contributed by atoms with van der Waals surface area (Å²) in [6.07, 6.45) is 0. The van der Waals surface area contributed by atoms with Gasteiger partial charge in [-0.1, -0.05) is 0 Å². The summed E-state index contributed by atoms with van der Waals surface area (Å²) >= 11 is 1.51. The molecule has 0 saturated carbocycles. The molecule has 160 valence electrons. The second-order valence-corrected chi connectivity index (χ2v) is 7.95. The maximum atomic E-state index is 12.9. The van der Waals surface area contributed by atoms with Crippen LogP contribution in [0.15, 0.2) is 53.4 Å². The molecule has 0 aromatic heterocycles. The summed E-state index contributed by atoms with van der Waals surface area (Å²) in [6.45, 7) is 5.33. The lowest BCUT2D eigenvalue weighted by Crippen LogP contribution is -2.50. The number of benzene rings is 2. The topological polar surface area (TPSA) is 61.9 Å². The van der Waals surface area contributed by atoms with E-state index in [-0.39, 0.29) is 24.2 Å². The molecule has 1 N–H and O–H groups in total. The predicted octanol–water partition coefficient (Wildman–Crippen LogP) is 3.10. The highest BCUT2D eigenvalue weighted by Gasteiger charge is 2.22. The SMILES string of the molecule is CCOc1ccc(SCC(=O)N2CCN(CC(=O)Nc3ccc(F)cc3)CC2)cc1. The average molecular weight is 432 g/mol. The third-order valence-electron chi connectivity index (χ3n) is 4.72. The van der Waals surface area contributed by atoms with E-state index >= 15 is 0 Å². The van der Waals surface area contributed by atoms with Gasteiger partial charge in [-0.3, -0.25) is 14.5 Å². The van der Waals surface area contributed by atoms with Gasteiger partial charge in [0.15, 0.2) is 0 Å². The monoisotopic (exact) mass is 431 g/mol. The molecule has 0 atom stereocenters. The van der Waals surface area contributed by atoms with Crippen molar-refractivity contribution in [2.75, 3.05) is 50.4 Å². The molecular formula is C22H26FN3O3S. The van der Waals surface area contributed by atoms with Crippen LogP contribution in [0.2, 0.25) is 0 Å². The van der Waals surface area contributed by atoms with Crippen LogP contribution in [-0.2, 0) is 9.59 Å². The van der Waals surface area contributed by atoms with Crippen molar-refractivity contribution in [2.24, 2.45) is 0 Å². The fourth-order valence-corrected chi connectivity index (χ4v) is 3.93. The molecule has 1 fully saturated rings. The third-order valence-corrected chi connectivity index (χ3v) is 5.71. The van der Waals surface area contributed by atoms with Gasteiger partial charge in [0.25, 0.3) is 0 Å². The molecule has 0 radical (unpaired) electrons. The van der Waals surface area contributed by atoms with Gasteiger partial charge in [0, 0.05) is 36.8 Å². The van der Waals surface area contributed by atoms with E-state index < -0.39 is 0 Å². The summed E-state index contributed by atoms with van der Waals surface area (Å²) in [7, 11) is 0. The van der Waals surface area contributed by atoms with E-state index in [0.717, 1.165) is 10.6 Å². The summed E-state index contributed by atoms with van der Waals surface area (Å²) in [4.78, 5) is 29.5. The Labute approximate surface area is 180 Å². The number of rotatable bonds is 8. The van der Waals surface area contributed by atoms with E-state index in [4.69, 9.17) is 4.74 Å². The largest absolute Gasteiger partial charge is 0.494 e. The number of hydrogen-bond donors (Lipinski definition) is 1. The minimum atomic E-state index is -0.338. The Morgan fingerprint density at radius 1 is 1.03 bits per heavy atom.